The van der Waals surface area contributed by atoms with Gasteiger partial charge in [0.05, 0.1) is 9.79 Å². The Balaban J connectivity index is 0.00000627. The molecule has 272 valence electrons. The van der Waals surface area contributed by atoms with Gasteiger partial charge in [0.2, 0.25) is 0 Å². The van der Waals surface area contributed by atoms with E-state index in [0.717, 1.165) is 65.5 Å². The van der Waals surface area contributed by atoms with E-state index in [1.807, 2.05) is 17.0 Å². The average molecular weight is 763 g/mol. The molecule has 0 spiro atoms. The minimum absolute atomic E-state index is 0. The van der Waals surface area contributed by atoms with Crippen LogP contribution in [0.3, 0.4) is 0 Å². The van der Waals surface area contributed by atoms with E-state index < -0.39 is 20.2 Å². The molecule has 0 saturated heterocycles. The van der Waals surface area contributed by atoms with E-state index in [1.165, 1.54) is 30.3 Å². The van der Waals surface area contributed by atoms with Crippen LogP contribution >= 0.6 is 0 Å². The number of hydrogen-bond donors (Lipinski definition) is 1. The first kappa shape index (κ1) is 41.9. The van der Waals surface area contributed by atoms with Crippen molar-refractivity contribution in [1.29, 1.82) is 0 Å². The Morgan fingerprint density at radius 3 is 1.72 bits per heavy atom. The monoisotopic (exact) mass is 762 g/mol. The summed E-state index contributed by atoms with van der Waals surface area (Å²) in [6, 6.07) is 28.5. The molecule has 5 rings (SSSR count). The van der Waals surface area contributed by atoms with Crippen molar-refractivity contribution < 1.29 is 60.1 Å². The molecule has 1 N–H and O–H groups in total. The topological polar surface area (TPSA) is 121 Å². The summed E-state index contributed by atoms with van der Waals surface area (Å²) < 4.78 is 71.6. The zero-order valence-electron chi connectivity index (χ0n) is 30.9. The van der Waals surface area contributed by atoms with Gasteiger partial charge in [0, 0.05) is 49.7 Å². The molecule has 0 unspecified atom stereocenters. The number of benzene rings is 4. The van der Waals surface area contributed by atoms with Gasteiger partial charge < -0.3 is 14.4 Å². The van der Waals surface area contributed by atoms with E-state index >= 15 is 0 Å². The first-order valence-corrected chi connectivity index (χ1v) is 20.2. The molecule has 0 fully saturated rings. The van der Waals surface area contributed by atoms with Crippen molar-refractivity contribution >= 4 is 42.9 Å². The van der Waals surface area contributed by atoms with E-state index in [0.29, 0.717) is 11.1 Å². The van der Waals surface area contributed by atoms with Crippen molar-refractivity contribution in [3.8, 4) is 0 Å². The molecule has 53 heavy (non-hydrogen) atoms. The van der Waals surface area contributed by atoms with Gasteiger partial charge in [-0.25, -0.2) is 13.0 Å². The van der Waals surface area contributed by atoms with Crippen molar-refractivity contribution in [3.05, 3.63) is 149 Å². The molecule has 1 aliphatic rings. The zero-order chi connectivity index (χ0) is 37.5. The van der Waals surface area contributed by atoms with Gasteiger partial charge in [-0.15, -0.1) is 0 Å². The third kappa shape index (κ3) is 10.7. The molecule has 1 aliphatic carbocycles. The maximum atomic E-state index is 12.0. The van der Waals surface area contributed by atoms with Gasteiger partial charge in [0.1, 0.15) is 23.2 Å². The largest absolute Gasteiger partial charge is 1.00 e. The van der Waals surface area contributed by atoms with E-state index in [-0.39, 0.29) is 52.4 Å². The van der Waals surface area contributed by atoms with Gasteiger partial charge in [-0.2, -0.15) is 8.42 Å². The van der Waals surface area contributed by atoms with Gasteiger partial charge in [-0.1, -0.05) is 48.5 Å². The third-order valence-corrected chi connectivity index (χ3v) is 10.9. The van der Waals surface area contributed by atoms with Crippen LogP contribution < -0.4 is 39.4 Å². The summed E-state index contributed by atoms with van der Waals surface area (Å²) in [5.74, 6) is 0. The maximum absolute atomic E-state index is 12.0. The van der Waals surface area contributed by atoms with Crippen molar-refractivity contribution in [2.24, 2.45) is 0 Å². The Kier molecular flexibility index (Phi) is 14.6. The molecule has 0 heterocycles. The van der Waals surface area contributed by atoms with Crippen LogP contribution in [0.25, 0.3) is 5.57 Å². The minimum Gasteiger partial charge on any atom is -0.744 e. The standard InChI is InChI=1S/C41H45N3O6S2.Na/c1-5-42(6-2)36-22-18-33(19-23-36)41(34-20-24-37(25-21-34)43(7-3)8-4)35-14-11-15-38(28-35)44(29-31-12-9-16-39(26-31)51(45,46)47)30-32-13-10-17-40(27-32)52(48,49)50;/h9-28H,5-8,29-30H2,1-4H3,(H-,45,46,47,48,49,50);/q;+1. The minimum atomic E-state index is -4.68. The molecule has 0 aliphatic heterocycles. The SMILES string of the molecule is CCN(CC)c1ccc(C(=C2C=CC(=[N+](CC)CC)C=C2)c2cccc(N(Cc3cccc(S(=O)(=O)[O-])c3)Cc3cccc(S(=O)(=O)O)c3)c2)cc1.[Na+]. The summed E-state index contributed by atoms with van der Waals surface area (Å²) in [4.78, 5) is 3.72. The second kappa shape index (κ2) is 18.5. The molecular weight excluding hydrogens is 718 g/mol. The first-order chi connectivity index (χ1) is 24.8. The summed E-state index contributed by atoms with van der Waals surface area (Å²) in [6.45, 7) is 12.6. The van der Waals surface area contributed by atoms with Crippen LogP contribution in [0.5, 0.6) is 0 Å². The molecule has 0 saturated carbocycles. The molecular formula is C41H45N3NaO6S2+. The number of hydrogen-bond acceptors (Lipinski definition) is 7. The van der Waals surface area contributed by atoms with E-state index in [4.69, 9.17) is 0 Å². The van der Waals surface area contributed by atoms with Crippen molar-refractivity contribution in [2.45, 2.75) is 50.6 Å². The van der Waals surface area contributed by atoms with Crippen molar-refractivity contribution in [1.82, 2.24) is 0 Å². The van der Waals surface area contributed by atoms with Crippen LogP contribution in [0, 0.1) is 0 Å². The fourth-order valence-electron chi connectivity index (χ4n) is 6.50. The van der Waals surface area contributed by atoms with Gasteiger partial charge in [0.25, 0.3) is 10.1 Å². The summed E-state index contributed by atoms with van der Waals surface area (Å²) >= 11 is 0. The molecule has 4 aromatic carbocycles. The Bertz CT molecular complexity index is 2160. The zero-order valence-corrected chi connectivity index (χ0v) is 34.6. The second-order valence-electron chi connectivity index (χ2n) is 12.4. The molecule has 0 bridgehead atoms. The Hall–Kier alpha value is -3.81. The second-order valence-corrected chi connectivity index (χ2v) is 15.2. The van der Waals surface area contributed by atoms with Crippen LogP contribution in [-0.4, -0.2) is 62.4 Å². The maximum Gasteiger partial charge on any atom is 1.00 e. The van der Waals surface area contributed by atoms with Crippen LogP contribution in [-0.2, 0) is 33.3 Å². The van der Waals surface area contributed by atoms with Crippen LogP contribution in [0.4, 0.5) is 11.4 Å². The van der Waals surface area contributed by atoms with Gasteiger partial charge in [-0.05, 0) is 122 Å². The predicted molar refractivity (Wildman–Crippen MR) is 208 cm³/mol. The number of nitrogens with zero attached hydrogens (tertiary/aromatic N) is 3. The van der Waals surface area contributed by atoms with Crippen LogP contribution in [0.15, 0.2) is 137 Å². The van der Waals surface area contributed by atoms with Crippen molar-refractivity contribution in [3.63, 3.8) is 0 Å². The Morgan fingerprint density at radius 2 is 1.19 bits per heavy atom. The predicted octanol–water partition coefficient (Wildman–Crippen LogP) is 4.32. The smallest absolute Gasteiger partial charge is 0.744 e. The van der Waals surface area contributed by atoms with Gasteiger partial charge >= 0.3 is 29.6 Å². The van der Waals surface area contributed by atoms with Crippen LogP contribution in [0.2, 0.25) is 0 Å². The first-order valence-electron chi connectivity index (χ1n) is 17.4. The van der Waals surface area contributed by atoms with Crippen molar-refractivity contribution in [2.75, 3.05) is 36.0 Å². The molecule has 0 amide bonds. The quantitative estimate of drug-likeness (QED) is 0.115. The number of rotatable bonds is 14. The van der Waals surface area contributed by atoms with E-state index in [2.05, 4.69) is 97.9 Å². The molecule has 12 heteroatoms. The summed E-state index contributed by atoms with van der Waals surface area (Å²) in [7, 11) is -9.12. The summed E-state index contributed by atoms with van der Waals surface area (Å²) in [5, 5.41) is 0. The third-order valence-electron chi connectivity index (χ3n) is 9.20. The molecule has 0 atom stereocenters. The number of allylic oxidation sites excluding steroid dienone is 5. The fraction of sp³-hybridized carbons (Fsp3) is 0.244. The molecule has 9 nitrogen and oxygen atoms in total. The van der Waals surface area contributed by atoms with E-state index in [1.54, 1.807) is 18.2 Å². The fourth-order valence-corrected chi connectivity index (χ4v) is 7.59. The Labute approximate surface area is 336 Å². The summed E-state index contributed by atoms with van der Waals surface area (Å²) in [6.07, 6.45) is 8.56. The summed E-state index contributed by atoms with van der Waals surface area (Å²) in [5.41, 5.74) is 8.27. The molecule has 0 radical (unpaired) electrons. The Morgan fingerprint density at radius 1 is 0.642 bits per heavy atom. The van der Waals surface area contributed by atoms with E-state index in [9.17, 15) is 25.9 Å². The van der Waals surface area contributed by atoms with Crippen LogP contribution in [0.1, 0.15) is 49.9 Å². The normalized spacial score (nSPS) is 12.7. The molecule has 0 aromatic heterocycles. The molecule has 4 aromatic rings. The average Bonchev–Trinajstić information content (AvgIpc) is 3.13. The van der Waals surface area contributed by atoms with Gasteiger partial charge in [-0.3, -0.25) is 4.55 Å². The van der Waals surface area contributed by atoms with Gasteiger partial charge in [0.15, 0.2) is 5.71 Å². The number of anilines is 2.